The number of carbonyl (C=O) groups excluding carboxylic acids is 2. The summed E-state index contributed by atoms with van der Waals surface area (Å²) in [6.07, 6.45) is 0.733. The zero-order chi connectivity index (χ0) is 10.7. The lowest BCUT2D eigenvalue weighted by Gasteiger charge is -2.32. The molecule has 4 nitrogen and oxygen atoms in total. The summed E-state index contributed by atoms with van der Waals surface area (Å²) in [4.78, 5) is 24.0. The minimum absolute atomic E-state index is 0.112. The summed E-state index contributed by atoms with van der Waals surface area (Å²) < 4.78 is 0. The van der Waals surface area contributed by atoms with Crippen molar-refractivity contribution >= 4 is 12.3 Å². The van der Waals surface area contributed by atoms with Crippen molar-refractivity contribution in [1.82, 2.24) is 10.2 Å². The second-order valence-corrected chi connectivity index (χ2v) is 3.45. The summed E-state index contributed by atoms with van der Waals surface area (Å²) in [5, 5.41) is 2.76. The van der Waals surface area contributed by atoms with E-state index in [0.29, 0.717) is 13.1 Å². The van der Waals surface area contributed by atoms with E-state index in [0.717, 1.165) is 12.0 Å². The Kier molecular flexibility index (Phi) is 2.67. The van der Waals surface area contributed by atoms with Crippen LogP contribution in [0.25, 0.3) is 0 Å². The molecule has 1 aliphatic rings. The highest BCUT2D eigenvalue weighted by atomic mass is 16.2. The smallest absolute Gasteiger partial charge is 0.247 e. The van der Waals surface area contributed by atoms with Crippen LogP contribution >= 0.6 is 0 Å². The van der Waals surface area contributed by atoms with Gasteiger partial charge in [-0.25, -0.2) is 0 Å². The van der Waals surface area contributed by atoms with Crippen LogP contribution in [0.15, 0.2) is 30.3 Å². The first kappa shape index (κ1) is 9.71. The molecular weight excluding hydrogens is 192 g/mol. The van der Waals surface area contributed by atoms with Gasteiger partial charge >= 0.3 is 0 Å². The molecule has 0 aliphatic carbocycles. The maximum atomic E-state index is 11.7. The molecule has 1 N–H and O–H groups in total. The minimum Gasteiger partial charge on any atom is -0.352 e. The van der Waals surface area contributed by atoms with Crippen LogP contribution in [0, 0.1) is 0 Å². The number of benzene rings is 1. The molecule has 1 fully saturated rings. The third kappa shape index (κ3) is 1.83. The monoisotopic (exact) mass is 204 g/mol. The van der Waals surface area contributed by atoms with Crippen LogP contribution < -0.4 is 5.32 Å². The number of nitrogens with one attached hydrogen (secondary N) is 1. The van der Waals surface area contributed by atoms with Crippen LogP contribution in [0.5, 0.6) is 0 Å². The van der Waals surface area contributed by atoms with Gasteiger partial charge in [0.05, 0.1) is 0 Å². The van der Waals surface area contributed by atoms with Gasteiger partial charge < -0.3 is 10.2 Å². The fraction of sp³-hybridized carbons (Fsp3) is 0.273. The quantitative estimate of drug-likeness (QED) is 0.705. The number of nitrogens with zero attached hydrogens (tertiary/aromatic N) is 1. The van der Waals surface area contributed by atoms with E-state index in [9.17, 15) is 9.59 Å². The Bertz CT molecular complexity index is 364. The molecule has 0 aromatic heterocycles. The Balaban J connectivity index is 2.31. The molecule has 0 bridgehead atoms. The normalized spacial score (nSPS) is 20.9. The lowest BCUT2D eigenvalue weighted by atomic mass is 10.0. The molecule has 1 aromatic rings. The Morgan fingerprint density at radius 1 is 1.33 bits per heavy atom. The molecule has 2 amide bonds. The number of carbonyl (C=O) groups is 2. The fourth-order valence-corrected chi connectivity index (χ4v) is 1.78. The molecule has 4 heteroatoms. The van der Waals surface area contributed by atoms with E-state index in [-0.39, 0.29) is 5.91 Å². The van der Waals surface area contributed by atoms with Crippen molar-refractivity contribution in [2.24, 2.45) is 0 Å². The second-order valence-electron chi connectivity index (χ2n) is 3.45. The predicted molar refractivity (Wildman–Crippen MR) is 55.0 cm³/mol. The van der Waals surface area contributed by atoms with E-state index in [1.807, 2.05) is 30.3 Å². The van der Waals surface area contributed by atoms with Gasteiger partial charge in [0.15, 0.2) is 0 Å². The summed E-state index contributed by atoms with van der Waals surface area (Å²) >= 11 is 0. The van der Waals surface area contributed by atoms with E-state index < -0.39 is 6.04 Å². The Labute approximate surface area is 87.9 Å². The molecule has 1 atom stereocenters. The third-order valence-electron chi connectivity index (χ3n) is 2.50. The number of amides is 2. The highest BCUT2D eigenvalue weighted by Crippen LogP contribution is 2.21. The van der Waals surface area contributed by atoms with Gasteiger partial charge in [-0.15, -0.1) is 0 Å². The first-order valence-electron chi connectivity index (χ1n) is 4.86. The molecule has 1 heterocycles. The molecule has 1 aliphatic heterocycles. The summed E-state index contributed by atoms with van der Waals surface area (Å²) in [5.41, 5.74) is 0.849. The van der Waals surface area contributed by atoms with Crippen LogP contribution in [0.3, 0.4) is 0 Å². The minimum atomic E-state index is -0.475. The highest BCUT2D eigenvalue weighted by Gasteiger charge is 2.29. The third-order valence-corrected chi connectivity index (χ3v) is 2.50. The topological polar surface area (TPSA) is 49.4 Å². The molecule has 0 spiro atoms. The van der Waals surface area contributed by atoms with E-state index in [1.54, 1.807) is 0 Å². The van der Waals surface area contributed by atoms with E-state index >= 15 is 0 Å². The molecule has 1 aromatic carbocycles. The zero-order valence-electron chi connectivity index (χ0n) is 8.22. The number of piperazine rings is 1. The van der Waals surface area contributed by atoms with Gasteiger partial charge in [0, 0.05) is 13.1 Å². The lowest BCUT2D eigenvalue weighted by Crippen LogP contribution is -2.49. The van der Waals surface area contributed by atoms with Crippen molar-refractivity contribution in [2.75, 3.05) is 13.1 Å². The molecule has 0 radical (unpaired) electrons. The maximum Gasteiger partial charge on any atom is 0.247 e. The molecule has 0 saturated carbocycles. The van der Waals surface area contributed by atoms with Gasteiger partial charge in [-0.2, -0.15) is 0 Å². The summed E-state index contributed by atoms with van der Waals surface area (Å²) in [7, 11) is 0. The van der Waals surface area contributed by atoms with Gasteiger partial charge in [0.25, 0.3) is 0 Å². The summed E-state index contributed by atoms with van der Waals surface area (Å²) in [6.45, 7) is 1.09. The largest absolute Gasteiger partial charge is 0.352 e. The first-order chi connectivity index (χ1) is 7.33. The van der Waals surface area contributed by atoms with Crippen molar-refractivity contribution in [3.8, 4) is 0 Å². The van der Waals surface area contributed by atoms with Gasteiger partial charge in [0.2, 0.25) is 12.3 Å². The number of hydrogen-bond donors (Lipinski definition) is 1. The Hall–Kier alpha value is -1.84. The standard InChI is InChI=1S/C11H12N2O2/c14-8-13-7-6-12-11(15)10(13)9-4-2-1-3-5-9/h1-5,8,10H,6-7H2,(H,12,15). The molecule has 2 rings (SSSR count). The van der Waals surface area contributed by atoms with E-state index in [4.69, 9.17) is 0 Å². The van der Waals surface area contributed by atoms with Crippen LogP contribution in [-0.4, -0.2) is 30.3 Å². The zero-order valence-corrected chi connectivity index (χ0v) is 8.22. The maximum absolute atomic E-state index is 11.7. The van der Waals surface area contributed by atoms with Crippen LogP contribution in [0.1, 0.15) is 11.6 Å². The van der Waals surface area contributed by atoms with Crippen LogP contribution in [0.4, 0.5) is 0 Å². The van der Waals surface area contributed by atoms with Crippen molar-refractivity contribution in [3.63, 3.8) is 0 Å². The lowest BCUT2D eigenvalue weighted by molar-refractivity contribution is -0.136. The average molecular weight is 204 g/mol. The van der Waals surface area contributed by atoms with Crippen LogP contribution in [-0.2, 0) is 9.59 Å². The first-order valence-corrected chi connectivity index (χ1v) is 4.86. The van der Waals surface area contributed by atoms with E-state index in [1.165, 1.54) is 4.90 Å². The molecule has 1 unspecified atom stereocenters. The summed E-state index contributed by atoms with van der Waals surface area (Å²) in [5.74, 6) is -0.112. The Morgan fingerprint density at radius 3 is 2.73 bits per heavy atom. The average Bonchev–Trinajstić information content (AvgIpc) is 2.29. The highest BCUT2D eigenvalue weighted by molar-refractivity contribution is 5.85. The van der Waals surface area contributed by atoms with Crippen molar-refractivity contribution in [2.45, 2.75) is 6.04 Å². The predicted octanol–water partition coefficient (Wildman–Crippen LogP) is 0.316. The molecule has 78 valence electrons. The van der Waals surface area contributed by atoms with Gasteiger partial charge in [-0.05, 0) is 5.56 Å². The molecule has 15 heavy (non-hydrogen) atoms. The van der Waals surface area contributed by atoms with Crippen molar-refractivity contribution in [1.29, 1.82) is 0 Å². The van der Waals surface area contributed by atoms with Gasteiger partial charge in [0.1, 0.15) is 6.04 Å². The molecule has 1 saturated heterocycles. The SMILES string of the molecule is O=CN1CCNC(=O)C1c1ccccc1. The fourth-order valence-electron chi connectivity index (χ4n) is 1.78. The van der Waals surface area contributed by atoms with Crippen molar-refractivity contribution < 1.29 is 9.59 Å². The van der Waals surface area contributed by atoms with Gasteiger partial charge in [-0.1, -0.05) is 30.3 Å². The second kappa shape index (κ2) is 4.13. The van der Waals surface area contributed by atoms with Crippen molar-refractivity contribution in [3.05, 3.63) is 35.9 Å². The van der Waals surface area contributed by atoms with Gasteiger partial charge in [-0.3, -0.25) is 9.59 Å². The number of rotatable bonds is 2. The van der Waals surface area contributed by atoms with Crippen LogP contribution in [0.2, 0.25) is 0 Å². The summed E-state index contributed by atoms with van der Waals surface area (Å²) in [6, 6.07) is 8.84. The van der Waals surface area contributed by atoms with E-state index in [2.05, 4.69) is 5.32 Å². The Morgan fingerprint density at radius 2 is 2.07 bits per heavy atom. The molecular formula is C11H12N2O2. The number of hydrogen-bond acceptors (Lipinski definition) is 2.